The fourth-order valence-electron chi connectivity index (χ4n) is 5.45. The molecule has 0 aliphatic carbocycles. The maximum absolute atomic E-state index is 2.36. The maximum Gasteiger partial charge on any atom is -0.00206 e. The van der Waals surface area contributed by atoms with Crippen LogP contribution in [0.4, 0.5) is 0 Å². The van der Waals surface area contributed by atoms with Crippen molar-refractivity contribution in [1.29, 1.82) is 0 Å². The first-order valence-corrected chi connectivity index (χ1v) is 11.8. The zero-order valence-corrected chi connectivity index (χ0v) is 18.7. The summed E-state index contributed by atoms with van der Waals surface area (Å²) in [5, 5.41) is 10.3. The molecule has 7 aromatic rings. The fraction of sp³-hybridized carbons (Fsp3) is 0. The van der Waals surface area contributed by atoms with Gasteiger partial charge in [0, 0.05) is 0 Å². The average molecular weight is 431 g/mol. The van der Waals surface area contributed by atoms with Gasteiger partial charge in [-0.1, -0.05) is 121 Å². The average Bonchev–Trinajstić information content (AvgIpc) is 2.91. The van der Waals surface area contributed by atoms with Crippen molar-refractivity contribution in [2.75, 3.05) is 0 Å². The van der Waals surface area contributed by atoms with Crippen molar-refractivity contribution in [2.24, 2.45) is 0 Å². The molecular weight excluding hydrogens is 408 g/mol. The normalized spacial score (nSPS) is 11.5. The van der Waals surface area contributed by atoms with Gasteiger partial charge < -0.3 is 0 Å². The van der Waals surface area contributed by atoms with Crippen LogP contribution in [0.25, 0.3) is 65.3 Å². The lowest BCUT2D eigenvalue weighted by Crippen LogP contribution is -1.88. The van der Waals surface area contributed by atoms with Crippen LogP contribution in [0, 0.1) is 0 Å². The number of hydrogen-bond donors (Lipinski definition) is 0. The largest absolute Gasteiger partial charge is 0.0616 e. The Morgan fingerprint density at radius 1 is 0.294 bits per heavy atom. The summed E-state index contributed by atoms with van der Waals surface area (Å²) < 4.78 is 0. The Bertz CT molecular complexity index is 1850. The van der Waals surface area contributed by atoms with Gasteiger partial charge in [0.2, 0.25) is 0 Å². The summed E-state index contributed by atoms with van der Waals surface area (Å²) in [6.07, 6.45) is 0. The van der Waals surface area contributed by atoms with E-state index in [1.165, 1.54) is 65.3 Å². The van der Waals surface area contributed by atoms with Crippen molar-refractivity contribution in [1.82, 2.24) is 0 Å². The molecule has 158 valence electrons. The number of fused-ring (bicyclic) bond motifs is 4. The smallest absolute Gasteiger partial charge is 0.00206 e. The third kappa shape index (κ3) is 2.93. The Balaban J connectivity index is 1.57. The first-order chi connectivity index (χ1) is 16.9. The molecule has 0 spiro atoms. The van der Waals surface area contributed by atoms with Gasteiger partial charge in [0.15, 0.2) is 0 Å². The molecule has 0 atom stereocenters. The Morgan fingerprint density at radius 3 is 1.56 bits per heavy atom. The topological polar surface area (TPSA) is 0 Å². The van der Waals surface area contributed by atoms with Crippen molar-refractivity contribution in [3.63, 3.8) is 0 Å². The molecule has 0 heterocycles. The molecule has 34 heavy (non-hydrogen) atoms. The minimum Gasteiger partial charge on any atom is -0.0616 e. The molecule has 0 bridgehead atoms. The second-order valence-corrected chi connectivity index (χ2v) is 8.96. The molecule has 0 nitrogen and oxygen atoms in total. The van der Waals surface area contributed by atoms with Crippen molar-refractivity contribution >= 4 is 43.1 Å². The summed E-state index contributed by atoms with van der Waals surface area (Å²) in [5.41, 5.74) is 5.13. The SMILES string of the molecule is c1ccc2c(-c3ccc4c(-c5cccc6ccccc56)c5ccccc5cc4c3)cccc2c1. The summed E-state index contributed by atoms with van der Waals surface area (Å²) in [7, 11) is 0. The van der Waals surface area contributed by atoms with Crippen LogP contribution in [0.15, 0.2) is 133 Å². The molecule has 0 aromatic heterocycles. The molecule has 0 aliphatic rings. The number of rotatable bonds is 2. The molecule has 0 saturated heterocycles. The van der Waals surface area contributed by atoms with Gasteiger partial charge in [-0.25, -0.2) is 0 Å². The monoisotopic (exact) mass is 430 g/mol. The first kappa shape index (κ1) is 19.1. The molecule has 0 N–H and O–H groups in total. The van der Waals surface area contributed by atoms with E-state index in [-0.39, 0.29) is 0 Å². The summed E-state index contributed by atoms with van der Waals surface area (Å²) >= 11 is 0. The lowest BCUT2D eigenvalue weighted by molar-refractivity contribution is 1.67. The fourth-order valence-corrected chi connectivity index (χ4v) is 5.45. The van der Waals surface area contributed by atoms with Gasteiger partial charge in [-0.2, -0.15) is 0 Å². The molecule has 0 heteroatoms. The summed E-state index contributed by atoms with van der Waals surface area (Å²) in [6, 6.07) is 48.6. The molecule has 0 aliphatic heterocycles. The van der Waals surface area contributed by atoms with Crippen molar-refractivity contribution < 1.29 is 0 Å². The Labute approximate surface area is 198 Å². The van der Waals surface area contributed by atoms with E-state index in [9.17, 15) is 0 Å². The number of benzene rings is 7. The highest BCUT2D eigenvalue weighted by Crippen LogP contribution is 2.41. The zero-order valence-electron chi connectivity index (χ0n) is 18.7. The molecule has 0 amide bonds. The van der Waals surface area contributed by atoms with Gasteiger partial charge >= 0.3 is 0 Å². The van der Waals surface area contributed by atoms with Crippen molar-refractivity contribution in [3.8, 4) is 22.3 Å². The highest BCUT2D eigenvalue weighted by atomic mass is 14.2. The molecule has 0 unspecified atom stereocenters. The Morgan fingerprint density at radius 2 is 0.824 bits per heavy atom. The highest BCUT2D eigenvalue weighted by Gasteiger charge is 2.13. The van der Waals surface area contributed by atoms with Gasteiger partial charge in [-0.15, -0.1) is 0 Å². The van der Waals surface area contributed by atoms with Crippen molar-refractivity contribution in [2.45, 2.75) is 0 Å². The number of hydrogen-bond acceptors (Lipinski definition) is 0. The lowest BCUT2D eigenvalue weighted by atomic mass is 9.88. The summed E-state index contributed by atoms with van der Waals surface area (Å²) in [6.45, 7) is 0. The summed E-state index contributed by atoms with van der Waals surface area (Å²) in [5.74, 6) is 0. The minimum atomic E-state index is 1.25. The van der Waals surface area contributed by atoms with Gasteiger partial charge in [0.25, 0.3) is 0 Å². The second kappa shape index (κ2) is 7.57. The third-order valence-corrected chi connectivity index (χ3v) is 7.02. The Hall–Kier alpha value is -4.42. The minimum absolute atomic E-state index is 1.25. The van der Waals surface area contributed by atoms with Crippen LogP contribution in [0.1, 0.15) is 0 Å². The van der Waals surface area contributed by atoms with E-state index in [4.69, 9.17) is 0 Å². The zero-order chi connectivity index (χ0) is 22.5. The van der Waals surface area contributed by atoms with Gasteiger partial charge in [0.05, 0.1) is 0 Å². The predicted molar refractivity (Wildman–Crippen MR) is 147 cm³/mol. The van der Waals surface area contributed by atoms with Crippen LogP contribution < -0.4 is 0 Å². The van der Waals surface area contributed by atoms with Crippen LogP contribution in [0.3, 0.4) is 0 Å². The van der Waals surface area contributed by atoms with Crippen LogP contribution in [0.2, 0.25) is 0 Å². The third-order valence-electron chi connectivity index (χ3n) is 7.02. The standard InChI is InChI=1S/C34H22/c1-4-14-28-23(9-1)12-7-17-30(28)26-19-20-32-27(22-26)21-25-11-3-6-16-31(25)34(32)33-18-8-13-24-10-2-5-15-29(24)33/h1-22H. The van der Waals surface area contributed by atoms with Crippen LogP contribution in [0.5, 0.6) is 0 Å². The molecule has 7 aromatic carbocycles. The van der Waals surface area contributed by atoms with E-state index in [2.05, 4.69) is 133 Å². The van der Waals surface area contributed by atoms with Crippen LogP contribution in [-0.4, -0.2) is 0 Å². The second-order valence-electron chi connectivity index (χ2n) is 8.96. The van der Waals surface area contributed by atoms with E-state index in [1.54, 1.807) is 0 Å². The molecule has 0 fully saturated rings. The van der Waals surface area contributed by atoms with Crippen LogP contribution in [-0.2, 0) is 0 Å². The highest BCUT2D eigenvalue weighted by molar-refractivity contribution is 6.17. The maximum atomic E-state index is 2.36. The van der Waals surface area contributed by atoms with Gasteiger partial charge in [-0.3, -0.25) is 0 Å². The van der Waals surface area contributed by atoms with Gasteiger partial charge in [-0.05, 0) is 77.5 Å². The lowest BCUT2D eigenvalue weighted by Gasteiger charge is -2.16. The van der Waals surface area contributed by atoms with Gasteiger partial charge in [0.1, 0.15) is 0 Å². The molecular formula is C34H22. The molecule has 0 radical (unpaired) electrons. The molecule has 7 rings (SSSR count). The van der Waals surface area contributed by atoms with E-state index in [1.807, 2.05) is 0 Å². The van der Waals surface area contributed by atoms with E-state index in [0.29, 0.717) is 0 Å². The van der Waals surface area contributed by atoms with Crippen LogP contribution >= 0.6 is 0 Å². The summed E-state index contributed by atoms with van der Waals surface area (Å²) in [4.78, 5) is 0. The Kier molecular flexibility index (Phi) is 4.25. The van der Waals surface area contributed by atoms with E-state index >= 15 is 0 Å². The molecule has 0 saturated carbocycles. The van der Waals surface area contributed by atoms with E-state index < -0.39 is 0 Å². The van der Waals surface area contributed by atoms with Crippen molar-refractivity contribution in [3.05, 3.63) is 133 Å². The predicted octanol–water partition coefficient (Wildman–Crippen LogP) is 9.63. The first-order valence-electron chi connectivity index (χ1n) is 11.8. The van der Waals surface area contributed by atoms with E-state index in [0.717, 1.165) is 0 Å². The quantitative estimate of drug-likeness (QED) is 0.239.